The molecule has 0 spiro atoms. The van der Waals surface area contributed by atoms with E-state index < -0.39 is 0 Å². The van der Waals surface area contributed by atoms with Crippen molar-refractivity contribution in [2.45, 2.75) is 33.6 Å². The number of hydrogen-bond donors (Lipinski definition) is 2. The fraction of sp³-hybridized carbons (Fsp3) is 0.467. The number of nitrogens with one attached hydrogen (secondary N) is 2. The molecule has 0 radical (unpaired) electrons. The van der Waals surface area contributed by atoms with Crippen molar-refractivity contribution < 1.29 is 9.59 Å². The lowest BCUT2D eigenvalue weighted by Crippen LogP contribution is -2.24. The third kappa shape index (κ3) is 5.55. The van der Waals surface area contributed by atoms with Crippen molar-refractivity contribution in [2.24, 2.45) is 5.92 Å². The topological polar surface area (TPSA) is 58.2 Å². The third-order valence-electron chi connectivity index (χ3n) is 2.54. The number of carbonyl (C=O) groups is 2. The maximum absolute atomic E-state index is 11.8. The molecule has 0 bridgehead atoms. The van der Waals surface area contributed by atoms with Crippen molar-refractivity contribution in [3.05, 3.63) is 29.8 Å². The highest BCUT2D eigenvalue weighted by atomic mass is 16.2. The predicted molar refractivity (Wildman–Crippen MR) is 77.2 cm³/mol. The van der Waals surface area contributed by atoms with Crippen LogP contribution in [0.1, 0.15) is 44.0 Å². The van der Waals surface area contributed by atoms with Crippen LogP contribution < -0.4 is 10.6 Å². The number of amides is 2. The molecule has 0 atom stereocenters. The van der Waals surface area contributed by atoms with Gasteiger partial charge in [0.1, 0.15) is 0 Å². The second-order valence-electron chi connectivity index (χ2n) is 4.98. The van der Waals surface area contributed by atoms with Gasteiger partial charge in [0.2, 0.25) is 5.91 Å². The number of anilines is 1. The molecule has 2 N–H and O–H groups in total. The molecule has 19 heavy (non-hydrogen) atoms. The molecule has 0 fully saturated rings. The van der Waals surface area contributed by atoms with Crippen LogP contribution in [0.2, 0.25) is 0 Å². The van der Waals surface area contributed by atoms with Crippen LogP contribution >= 0.6 is 0 Å². The van der Waals surface area contributed by atoms with Crippen molar-refractivity contribution in [1.29, 1.82) is 0 Å². The molecule has 0 aliphatic heterocycles. The number of rotatable bonds is 6. The largest absolute Gasteiger partial charge is 0.352 e. The summed E-state index contributed by atoms with van der Waals surface area (Å²) in [5.74, 6) is 0.180. The Morgan fingerprint density at radius 3 is 2.63 bits per heavy atom. The van der Waals surface area contributed by atoms with Crippen molar-refractivity contribution in [1.82, 2.24) is 5.32 Å². The molecule has 0 saturated heterocycles. The van der Waals surface area contributed by atoms with Crippen molar-refractivity contribution in [3.8, 4) is 0 Å². The van der Waals surface area contributed by atoms with E-state index >= 15 is 0 Å². The van der Waals surface area contributed by atoms with E-state index in [0.29, 0.717) is 30.1 Å². The van der Waals surface area contributed by atoms with E-state index in [9.17, 15) is 9.59 Å². The molecule has 0 aliphatic carbocycles. The van der Waals surface area contributed by atoms with Gasteiger partial charge in [-0.15, -0.1) is 0 Å². The average Bonchev–Trinajstić information content (AvgIpc) is 2.35. The molecule has 0 aliphatic rings. The van der Waals surface area contributed by atoms with Gasteiger partial charge in [-0.05, 0) is 30.5 Å². The van der Waals surface area contributed by atoms with E-state index in [1.165, 1.54) is 0 Å². The van der Waals surface area contributed by atoms with Gasteiger partial charge in [0.05, 0.1) is 0 Å². The van der Waals surface area contributed by atoms with Gasteiger partial charge in [-0.2, -0.15) is 0 Å². The molecular weight excluding hydrogens is 240 g/mol. The summed E-state index contributed by atoms with van der Waals surface area (Å²) in [6, 6.07) is 6.99. The maximum Gasteiger partial charge on any atom is 0.251 e. The first-order valence-electron chi connectivity index (χ1n) is 6.71. The summed E-state index contributed by atoms with van der Waals surface area (Å²) in [4.78, 5) is 23.5. The zero-order valence-corrected chi connectivity index (χ0v) is 11.8. The van der Waals surface area contributed by atoms with Gasteiger partial charge in [-0.3, -0.25) is 9.59 Å². The molecular formula is C15H22N2O2. The quantitative estimate of drug-likeness (QED) is 0.828. The normalized spacial score (nSPS) is 10.3. The van der Waals surface area contributed by atoms with E-state index in [0.717, 1.165) is 6.42 Å². The summed E-state index contributed by atoms with van der Waals surface area (Å²) in [6.07, 6.45) is 1.38. The number of carbonyl (C=O) groups excluding carboxylic acids is 2. The molecule has 104 valence electrons. The Hall–Kier alpha value is -1.84. The van der Waals surface area contributed by atoms with Crippen molar-refractivity contribution in [2.75, 3.05) is 11.9 Å². The van der Waals surface area contributed by atoms with Crippen LogP contribution in [-0.2, 0) is 4.79 Å². The van der Waals surface area contributed by atoms with Crippen LogP contribution in [0.4, 0.5) is 5.69 Å². The summed E-state index contributed by atoms with van der Waals surface area (Å²) in [7, 11) is 0. The second kappa shape index (κ2) is 7.56. The predicted octanol–water partition coefficient (Wildman–Crippen LogP) is 2.81. The Bertz CT molecular complexity index is 442. The van der Waals surface area contributed by atoms with Crippen LogP contribution in [0.15, 0.2) is 24.3 Å². The van der Waals surface area contributed by atoms with Crippen molar-refractivity contribution in [3.63, 3.8) is 0 Å². The van der Waals surface area contributed by atoms with Gasteiger partial charge < -0.3 is 10.6 Å². The lowest BCUT2D eigenvalue weighted by molar-refractivity contribution is -0.116. The Kier molecular flexibility index (Phi) is 6.06. The number of hydrogen-bond acceptors (Lipinski definition) is 2. The molecule has 2 amide bonds. The van der Waals surface area contributed by atoms with E-state index in [4.69, 9.17) is 0 Å². The van der Waals surface area contributed by atoms with Crippen molar-refractivity contribution >= 4 is 17.5 Å². The lowest BCUT2D eigenvalue weighted by atomic mass is 10.1. The van der Waals surface area contributed by atoms with E-state index in [2.05, 4.69) is 10.6 Å². The maximum atomic E-state index is 11.8. The first kappa shape index (κ1) is 15.2. The average molecular weight is 262 g/mol. The highest BCUT2D eigenvalue weighted by Crippen LogP contribution is 2.12. The highest BCUT2D eigenvalue weighted by molar-refractivity contribution is 5.97. The van der Waals surface area contributed by atoms with Crippen LogP contribution in [0.5, 0.6) is 0 Å². The van der Waals surface area contributed by atoms with Gasteiger partial charge in [0, 0.05) is 24.2 Å². The fourth-order valence-corrected chi connectivity index (χ4v) is 1.66. The second-order valence-corrected chi connectivity index (χ2v) is 4.98. The smallest absolute Gasteiger partial charge is 0.251 e. The van der Waals surface area contributed by atoms with Crippen LogP contribution in [-0.4, -0.2) is 18.4 Å². The summed E-state index contributed by atoms with van der Waals surface area (Å²) in [6.45, 7) is 6.65. The number of benzene rings is 1. The molecule has 0 heterocycles. The first-order valence-corrected chi connectivity index (χ1v) is 6.71. The molecule has 0 aromatic heterocycles. The Balaban J connectivity index is 2.66. The summed E-state index contributed by atoms with van der Waals surface area (Å²) in [5, 5.41) is 5.62. The zero-order chi connectivity index (χ0) is 14.3. The molecule has 1 aromatic carbocycles. The minimum absolute atomic E-state index is 0.0267. The Morgan fingerprint density at radius 1 is 1.26 bits per heavy atom. The van der Waals surface area contributed by atoms with Gasteiger partial charge in [-0.25, -0.2) is 0 Å². The monoisotopic (exact) mass is 262 g/mol. The standard InChI is InChI=1S/C15H22N2O2/c1-4-8-16-15(19)12-6-5-7-13(10-12)17-14(18)9-11(2)3/h5-7,10-11H,4,8-9H2,1-3H3,(H,16,19)(H,17,18). The Labute approximate surface area is 114 Å². The molecule has 0 saturated carbocycles. The highest BCUT2D eigenvalue weighted by Gasteiger charge is 2.08. The molecule has 1 rings (SSSR count). The summed E-state index contributed by atoms with van der Waals surface area (Å²) in [5.41, 5.74) is 1.23. The molecule has 0 unspecified atom stereocenters. The fourth-order valence-electron chi connectivity index (χ4n) is 1.66. The van der Waals surface area contributed by atoms with Crippen LogP contribution in [0, 0.1) is 5.92 Å². The van der Waals surface area contributed by atoms with Gasteiger partial charge in [-0.1, -0.05) is 26.8 Å². The SMILES string of the molecule is CCCNC(=O)c1cccc(NC(=O)CC(C)C)c1. The first-order chi connectivity index (χ1) is 9.02. The molecule has 1 aromatic rings. The third-order valence-corrected chi connectivity index (χ3v) is 2.54. The van der Waals surface area contributed by atoms with E-state index in [1.54, 1.807) is 24.3 Å². The molecule has 4 heteroatoms. The van der Waals surface area contributed by atoms with Gasteiger partial charge >= 0.3 is 0 Å². The van der Waals surface area contributed by atoms with Gasteiger partial charge in [0.25, 0.3) is 5.91 Å². The summed E-state index contributed by atoms with van der Waals surface area (Å²) < 4.78 is 0. The molecule has 4 nitrogen and oxygen atoms in total. The minimum atomic E-state index is -0.109. The zero-order valence-electron chi connectivity index (χ0n) is 11.8. The van der Waals surface area contributed by atoms with E-state index in [1.807, 2.05) is 20.8 Å². The van der Waals surface area contributed by atoms with Crippen LogP contribution in [0.25, 0.3) is 0 Å². The van der Waals surface area contributed by atoms with E-state index in [-0.39, 0.29) is 11.8 Å². The van der Waals surface area contributed by atoms with Gasteiger partial charge in [0.15, 0.2) is 0 Å². The Morgan fingerprint density at radius 2 is 2.00 bits per heavy atom. The van der Waals surface area contributed by atoms with Crippen LogP contribution in [0.3, 0.4) is 0 Å². The minimum Gasteiger partial charge on any atom is -0.352 e. The summed E-state index contributed by atoms with van der Waals surface area (Å²) >= 11 is 0. The lowest BCUT2D eigenvalue weighted by Gasteiger charge is -2.09.